The van der Waals surface area contributed by atoms with Crippen molar-refractivity contribution >= 4 is 0 Å². The van der Waals surface area contributed by atoms with Crippen LogP contribution < -0.4 is 0 Å². The third kappa shape index (κ3) is 2.81. The van der Waals surface area contributed by atoms with Gasteiger partial charge in [0.2, 0.25) is 0 Å². The summed E-state index contributed by atoms with van der Waals surface area (Å²) in [7, 11) is 0. The van der Waals surface area contributed by atoms with E-state index in [-0.39, 0.29) is 0 Å². The third-order valence-corrected chi connectivity index (χ3v) is 5.55. The quantitative estimate of drug-likeness (QED) is 0.598. The van der Waals surface area contributed by atoms with Crippen LogP contribution >= 0.6 is 0 Å². The molecule has 0 saturated heterocycles. The van der Waals surface area contributed by atoms with E-state index >= 15 is 0 Å². The van der Waals surface area contributed by atoms with Crippen molar-refractivity contribution < 1.29 is 0 Å². The molecular weight excluding hydrogens is 192 g/mol. The predicted octanol–water partition coefficient (Wildman–Crippen LogP) is 5.42. The maximum Gasteiger partial charge on any atom is -0.0383 e. The van der Waals surface area contributed by atoms with Crippen molar-refractivity contribution in [2.45, 2.75) is 78.1 Å². The fourth-order valence-electron chi connectivity index (χ4n) is 4.43. The van der Waals surface area contributed by atoms with Crippen molar-refractivity contribution in [1.82, 2.24) is 0 Å². The molecule has 0 aliphatic heterocycles. The molecule has 16 heavy (non-hydrogen) atoms. The minimum Gasteiger partial charge on any atom is -0.0651 e. The van der Waals surface area contributed by atoms with Gasteiger partial charge in [0.1, 0.15) is 0 Å². The Kier molecular flexibility index (Phi) is 4.73. The van der Waals surface area contributed by atoms with E-state index in [4.69, 9.17) is 0 Å². The summed E-state index contributed by atoms with van der Waals surface area (Å²) in [4.78, 5) is 0. The van der Waals surface area contributed by atoms with Gasteiger partial charge in [-0.25, -0.2) is 0 Å². The van der Waals surface area contributed by atoms with Gasteiger partial charge in [0.25, 0.3) is 0 Å². The van der Waals surface area contributed by atoms with Crippen LogP contribution in [0.1, 0.15) is 78.1 Å². The van der Waals surface area contributed by atoms with Crippen LogP contribution in [0, 0.1) is 23.7 Å². The normalized spacial score (nSPS) is 37.5. The minimum atomic E-state index is 1.06. The molecule has 3 atom stereocenters. The summed E-state index contributed by atoms with van der Waals surface area (Å²) in [6, 6.07) is 0. The van der Waals surface area contributed by atoms with Gasteiger partial charge in [0.05, 0.1) is 0 Å². The molecule has 0 spiro atoms. The molecule has 0 amide bonds. The molecule has 2 aliphatic rings. The molecule has 94 valence electrons. The number of hydrogen-bond donors (Lipinski definition) is 0. The van der Waals surface area contributed by atoms with Crippen LogP contribution in [0.15, 0.2) is 0 Å². The molecule has 2 fully saturated rings. The second kappa shape index (κ2) is 6.07. The third-order valence-electron chi connectivity index (χ3n) is 5.55. The van der Waals surface area contributed by atoms with Gasteiger partial charge in [0.15, 0.2) is 0 Å². The average Bonchev–Trinajstić information content (AvgIpc) is 2.39. The van der Waals surface area contributed by atoms with Gasteiger partial charge in [0, 0.05) is 0 Å². The van der Waals surface area contributed by atoms with Gasteiger partial charge in [-0.3, -0.25) is 0 Å². The van der Waals surface area contributed by atoms with Crippen LogP contribution in [-0.2, 0) is 0 Å². The maximum absolute atomic E-state index is 2.41. The van der Waals surface area contributed by atoms with Gasteiger partial charge in [-0.1, -0.05) is 58.8 Å². The molecular formula is C16H30. The van der Waals surface area contributed by atoms with Crippen LogP contribution in [0.2, 0.25) is 0 Å². The zero-order valence-electron chi connectivity index (χ0n) is 11.4. The van der Waals surface area contributed by atoms with E-state index < -0.39 is 0 Å². The summed E-state index contributed by atoms with van der Waals surface area (Å²) in [6.45, 7) is 4.81. The first-order chi connectivity index (χ1) is 7.85. The lowest BCUT2D eigenvalue weighted by atomic mass is 9.66. The molecule has 0 bridgehead atoms. The predicted molar refractivity (Wildman–Crippen MR) is 71.5 cm³/mol. The highest BCUT2D eigenvalue weighted by Crippen LogP contribution is 2.44. The van der Waals surface area contributed by atoms with Gasteiger partial charge in [-0.05, 0) is 42.9 Å². The Morgan fingerprint density at radius 1 is 0.688 bits per heavy atom. The lowest BCUT2D eigenvalue weighted by Gasteiger charge is -2.40. The standard InChI is InChI=1S/C16H30/c1-3-13-10-11-16(12-14(13)4-2)15-8-6-5-7-9-15/h13-16H,3-12H2,1-2H3. The van der Waals surface area contributed by atoms with Crippen LogP contribution in [-0.4, -0.2) is 0 Å². The summed E-state index contributed by atoms with van der Waals surface area (Å²) in [5.41, 5.74) is 0. The first-order valence-corrected chi connectivity index (χ1v) is 7.85. The molecule has 0 heterocycles. The van der Waals surface area contributed by atoms with Crippen molar-refractivity contribution in [2.24, 2.45) is 23.7 Å². The van der Waals surface area contributed by atoms with Gasteiger partial charge in [-0.2, -0.15) is 0 Å². The molecule has 0 nitrogen and oxygen atoms in total. The van der Waals surface area contributed by atoms with Crippen LogP contribution in [0.3, 0.4) is 0 Å². The monoisotopic (exact) mass is 222 g/mol. The first kappa shape index (κ1) is 12.5. The average molecular weight is 222 g/mol. The molecule has 0 heteroatoms. The van der Waals surface area contributed by atoms with Gasteiger partial charge in [-0.15, -0.1) is 0 Å². The van der Waals surface area contributed by atoms with Crippen molar-refractivity contribution in [3.8, 4) is 0 Å². The van der Waals surface area contributed by atoms with E-state index in [0.717, 1.165) is 23.7 Å². The molecule has 0 aromatic rings. The first-order valence-electron chi connectivity index (χ1n) is 7.85. The smallest absolute Gasteiger partial charge is 0.0383 e. The Morgan fingerprint density at radius 3 is 2.00 bits per heavy atom. The van der Waals surface area contributed by atoms with Crippen molar-refractivity contribution in [3.63, 3.8) is 0 Å². The van der Waals surface area contributed by atoms with Crippen molar-refractivity contribution in [2.75, 3.05) is 0 Å². The maximum atomic E-state index is 2.41. The van der Waals surface area contributed by atoms with E-state index in [0.29, 0.717) is 0 Å². The highest BCUT2D eigenvalue weighted by Gasteiger charge is 2.32. The molecule has 2 saturated carbocycles. The Balaban J connectivity index is 1.87. The zero-order chi connectivity index (χ0) is 11.4. The Hall–Kier alpha value is 0. The van der Waals surface area contributed by atoms with E-state index in [1.54, 1.807) is 25.7 Å². The van der Waals surface area contributed by atoms with E-state index in [1.807, 2.05) is 0 Å². The second-order valence-electron chi connectivity index (χ2n) is 6.31. The Morgan fingerprint density at radius 2 is 1.38 bits per heavy atom. The van der Waals surface area contributed by atoms with Crippen molar-refractivity contribution in [3.05, 3.63) is 0 Å². The molecule has 2 rings (SSSR count). The molecule has 0 N–H and O–H groups in total. The van der Waals surface area contributed by atoms with E-state index in [1.165, 1.54) is 38.5 Å². The summed E-state index contributed by atoms with van der Waals surface area (Å²) in [5.74, 6) is 4.34. The molecule has 3 unspecified atom stereocenters. The highest BCUT2D eigenvalue weighted by atomic mass is 14.4. The van der Waals surface area contributed by atoms with Crippen LogP contribution in [0.25, 0.3) is 0 Å². The van der Waals surface area contributed by atoms with E-state index in [2.05, 4.69) is 13.8 Å². The zero-order valence-corrected chi connectivity index (χ0v) is 11.4. The SMILES string of the molecule is CCC1CCC(C2CCCCC2)CC1CC. The fraction of sp³-hybridized carbons (Fsp3) is 1.00. The summed E-state index contributed by atoms with van der Waals surface area (Å²) >= 11 is 0. The molecule has 0 radical (unpaired) electrons. The largest absolute Gasteiger partial charge is 0.0651 e. The minimum absolute atomic E-state index is 1.06. The Labute approximate surface area is 102 Å². The molecule has 0 aromatic carbocycles. The fourth-order valence-corrected chi connectivity index (χ4v) is 4.43. The summed E-state index contributed by atoms with van der Waals surface area (Å²) in [5, 5.41) is 0. The van der Waals surface area contributed by atoms with Gasteiger partial charge < -0.3 is 0 Å². The van der Waals surface area contributed by atoms with Crippen LogP contribution in [0.4, 0.5) is 0 Å². The number of hydrogen-bond acceptors (Lipinski definition) is 0. The van der Waals surface area contributed by atoms with Gasteiger partial charge >= 0.3 is 0 Å². The number of rotatable bonds is 3. The van der Waals surface area contributed by atoms with Crippen molar-refractivity contribution in [1.29, 1.82) is 0 Å². The second-order valence-corrected chi connectivity index (χ2v) is 6.31. The lowest BCUT2D eigenvalue weighted by molar-refractivity contribution is 0.110. The molecule has 2 aliphatic carbocycles. The highest BCUT2D eigenvalue weighted by molar-refractivity contribution is 4.83. The van der Waals surface area contributed by atoms with Crippen LogP contribution in [0.5, 0.6) is 0 Å². The van der Waals surface area contributed by atoms with E-state index in [9.17, 15) is 0 Å². The lowest BCUT2D eigenvalue weighted by Crippen LogP contribution is -2.29. The topological polar surface area (TPSA) is 0 Å². The Bertz CT molecular complexity index is 190. The molecule has 0 aromatic heterocycles. The summed E-state index contributed by atoms with van der Waals surface area (Å²) < 4.78 is 0. The summed E-state index contributed by atoms with van der Waals surface area (Å²) in [6.07, 6.45) is 15.2.